The van der Waals surface area contributed by atoms with Crippen molar-refractivity contribution in [3.8, 4) is 0 Å². The zero-order chi connectivity index (χ0) is 15.5. The molecule has 0 spiro atoms. The van der Waals surface area contributed by atoms with Gasteiger partial charge in [0.15, 0.2) is 0 Å². The quantitative estimate of drug-likeness (QED) is 0.832. The van der Waals surface area contributed by atoms with Gasteiger partial charge in [0.25, 0.3) is 0 Å². The number of nitrogens with zero attached hydrogens (tertiary/aromatic N) is 1. The first-order valence-electron chi connectivity index (χ1n) is 6.97. The molecule has 4 heteroatoms. The summed E-state index contributed by atoms with van der Waals surface area (Å²) < 4.78 is 0. The average Bonchev–Trinajstić information content (AvgIpc) is 2.29. The first-order chi connectivity index (χ1) is 9.10. The van der Waals surface area contributed by atoms with Gasteiger partial charge in [0.2, 0.25) is 5.91 Å². The SMILES string of the molecule is Cc1cc(N)ccc1NC(=O)C(C)N(C)CC(C)(C)C. The summed E-state index contributed by atoms with van der Waals surface area (Å²) in [5.74, 6) is 0.00428. The van der Waals surface area contributed by atoms with Crippen LogP contribution in [0.25, 0.3) is 0 Å². The van der Waals surface area contributed by atoms with Gasteiger partial charge in [-0.25, -0.2) is 0 Å². The molecule has 1 rings (SSSR count). The Labute approximate surface area is 122 Å². The average molecular weight is 277 g/mol. The van der Waals surface area contributed by atoms with Crippen LogP contribution < -0.4 is 11.1 Å². The van der Waals surface area contributed by atoms with Gasteiger partial charge in [-0.3, -0.25) is 9.69 Å². The Hall–Kier alpha value is -1.55. The molecule has 0 fully saturated rings. The first kappa shape index (κ1) is 16.5. The second-order valence-electron chi connectivity index (χ2n) is 6.72. The van der Waals surface area contributed by atoms with E-state index in [1.165, 1.54) is 0 Å². The number of hydrogen-bond donors (Lipinski definition) is 2. The van der Waals surface area contributed by atoms with Gasteiger partial charge < -0.3 is 11.1 Å². The highest BCUT2D eigenvalue weighted by Gasteiger charge is 2.22. The van der Waals surface area contributed by atoms with E-state index in [4.69, 9.17) is 5.73 Å². The molecule has 20 heavy (non-hydrogen) atoms. The van der Waals surface area contributed by atoms with Crippen molar-refractivity contribution in [3.05, 3.63) is 23.8 Å². The Morgan fingerprint density at radius 2 is 2.00 bits per heavy atom. The van der Waals surface area contributed by atoms with E-state index in [0.29, 0.717) is 5.69 Å². The highest BCUT2D eigenvalue weighted by atomic mass is 16.2. The number of hydrogen-bond acceptors (Lipinski definition) is 3. The van der Waals surface area contributed by atoms with Gasteiger partial charge in [0, 0.05) is 17.9 Å². The summed E-state index contributed by atoms with van der Waals surface area (Å²) >= 11 is 0. The van der Waals surface area contributed by atoms with Crippen molar-refractivity contribution in [2.45, 2.75) is 40.7 Å². The van der Waals surface area contributed by atoms with Crippen LogP contribution in [0.3, 0.4) is 0 Å². The summed E-state index contributed by atoms with van der Waals surface area (Å²) in [5, 5.41) is 2.97. The Bertz CT molecular complexity index is 477. The number of rotatable bonds is 4. The van der Waals surface area contributed by atoms with Crippen LogP contribution in [0.1, 0.15) is 33.3 Å². The molecule has 1 atom stereocenters. The largest absolute Gasteiger partial charge is 0.399 e. The fraction of sp³-hybridized carbons (Fsp3) is 0.562. The van der Waals surface area contributed by atoms with Crippen LogP contribution >= 0.6 is 0 Å². The molecule has 0 radical (unpaired) electrons. The summed E-state index contributed by atoms with van der Waals surface area (Å²) in [6, 6.07) is 5.33. The Morgan fingerprint density at radius 3 is 2.50 bits per heavy atom. The van der Waals surface area contributed by atoms with Crippen molar-refractivity contribution >= 4 is 17.3 Å². The van der Waals surface area contributed by atoms with Gasteiger partial charge >= 0.3 is 0 Å². The fourth-order valence-corrected chi connectivity index (χ4v) is 2.15. The second-order valence-corrected chi connectivity index (χ2v) is 6.72. The predicted molar refractivity (Wildman–Crippen MR) is 85.8 cm³/mol. The number of carbonyl (C=O) groups excluding carboxylic acids is 1. The molecule has 1 unspecified atom stereocenters. The van der Waals surface area contributed by atoms with E-state index < -0.39 is 0 Å². The molecule has 0 aromatic heterocycles. The lowest BCUT2D eigenvalue weighted by molar-refractivity contribution is -0.120. The summed E-state index contributed by atoms with van der Waals surface area (Å²) in [6.07, 6.45) is 0. The van der Waals surface area contributed by atoms with E-state index in [-0.39, 0.29) is 17.4 Å². The third kappa shape index (κ3) is 4.85. The molecule has 0 saturated carbocycles. The van der Waals surface area contributed by atoms with E-state index in [0.717, 1.165) is 17.8 Å². The van der Waals surface area contributed by atoms with Crippen molar-refractivity contribution in [3.63, 3.8) is 0 Å². The molecule has 0 bridgehead atoms. The number of anilines is 2. The lowest BCUT2D eigenvalue weighted by atomic mass is 9.95. The minimum Gasteiger partial charge on any atom is -0.399 e. The van der Waals surface area contributed by atoms with Crippen LogP contribution in [0.15, 0.2) is 18.2 Å². The van der Waals surface area contributed by atoms with Crippen LogP contribution in [0, 0.1) is 12.3 Å². The molecular weight excluding hydrogens is 250 g/mol. The summed E-state index contributed by atoms with van der Waals surface area (Å²) in [5.41, 5.74) is 8.38. The number of likely N-dealkylation sites (N-methyl/N-ethyl adjacent to an activating group) is 1. The molecule has 0 aliphatic carbocycles. The fourth-order valence-electron chi connectivity index (χ4n) is 2.15. The molecule has 0 heterocycles. The lowest BCUT2D eigenvalue weighted by Gasteiger charge is -2.30. The van der Waals surface area contributed by atoms with Gasteiger partial charge in [-0.2, -0.15) is 0 Å². The monoisotopic (exact) mass is 277 g/mol. The molecule has 1 amide bonds. The van der Waals surface area contributed by atoms with Crippen LogP contribution in [0.4, 0.5) is 11.4 Å². The lowest BCUT2D eigenvalue weighted by Crippen LogP contribution is -2.43. The molecular formula is C16H27N3O. The molecule has 112 valence electrons. The van der Waals surface area contributed by atoms with E-state index in [1.54, 1.807) is 6.07 Å². The summed E-state index contributed by atoms with van der Waals surface area (Å²) in [4.78, 5) is 14.4. The zero-order valence-corrected chi connectivity index (χ0v) is 13.4. The van der Waals surface area contributed by atoms with E-state index in [2.05, 4.69) is 31.0 Å². The maximum absolute atomic E-state index is 12.3. The molecule has 4 nitrogen and oxygen atoms in total. The Morgan fingerprint density at radius 1 is 1.40 bits per heavy atom. The minimum atomic E-state index is -0.175. The predicted octanol–water partition coefficient (Wildman–Crippen LogP) is 2.88. The highest BCUT2D eigenvalue weighted by Crippen LogP contribution is 2.19. The van der Waals surface area contributed by atoms with Crippen molar-refractivity contribution in [2.24, 2.45) is 5.41 Å². The third-order valence-electron chi connectivity index (χ3n) is 3.27. The van der Waals surface area contributed by atoms with Crippen LogP contribution in [-0.4, -0.2) is 30.4 Å². The number of amides is 1. The maximum atomic E-state index is 12.3. The Kier molecular flexibility index (Phi) is 5.17. The number of nitrogen functional groups attached to an aromatic ring is 1. The van der Waals surface area contributed by atoms with Crippen LogP contribution in [-0.2, 0) is 4.79 Å². The highest BCUT2D eigenvalue weighted by molar-refractivity contribution is 5.95. The summed E-state index contributed by atoms with van der Waals surface area (Å²) in [6.45, 7) is 11.2. The van der Waals surface area contributed by atoms with Gasteiger partial charge in [0.1, 0.15) is 0 Å². The molecule has 0 aliphatic rings. The number of nitrogens with two attached hydrogens (primary N) is 1. The first-order valence-corrected chi connectivity index (χ1v) is 6.97. The van der Waals surface area contributed by atoms with Crippen molar-refractivity contribution in [1.29, 1.82) is 0 Å². The molecule has 1 aromatic rings. The molecule has 1 aromatic carbocycles. The van der Waals surface area contributed by atoms with Crippen LogP contribution in [0.5, 0.6) is 0 Å². The molecule has 0 aliphatic heterocycles. The Balaban J connectivity index is 2.70. The van der Waals surface area contributed by atoms with E-state index >= 15 is 0 Å². The van der Waals surface area contributed by atoms with E-state index in [1.807, 2.05) is 33.0 Å². The molecule has 0 saturated heterocycles. The minimum absolute atomic E-state index is 0.00428. The third-order valence-corrected chi connectivity index (χ3v) is 3.27. The standard InChI is InChI=1S/C16H27N3O/c1-11-9-13(17)7-8-14(11)18-15(20)12(2)19(6)10-16(3,4)5/h7-9,12H,10,17H2,1-6H3,(H,18,20). The van der Waals surface area contributed by atoms with Crippen LogP contribution in [0.2, 0.25) is 0 Å². The van der Waals surface area contributed by atoms with Gasteiger partial charge in [0.05, 0.1) is 6.04 Å². The van der Waals surface area contributed by atoms with Crippen molar-refractivity contribution in [1.82, 2.24) is 4.90 Å². The van der Waals surface area contributed by atoms with E-state index in [9.17, 15) is 4.79 Å². The van der Waals surface area contributed by atoms with Crippen molar-refractivity contribution < 1.29 is 4.79 Å². The molecule has 3 N–H and O–H groups in total. The number of carbonyl (C=O) groups is 1. The van der Waals surface area contributed by atoms with Gasteiger partial charge in [-0.15, -0.1) is 0 Å². The smallest absolute Gasteiger partial charge is 0.241 e. The van der Waals surface area contributed by atoms with Gasteiger partial charge in [-0.1, -0.05) is 20.8 Å². The number of benzene rings is 1. The number of nitrogens with one attached hydrogen (secondary N) is 1. The normalized spacial score (nSPS) is 13.3. The second kappa shape index (κ2) is 6.27. The topological polar surface area (TPSA) is 58.4 Å². The van der Waals surface area contributed by atoms with Crippen molar-refractivity contribution in [2.75, 3.05) is 24.6 Å². The zero-order valence-electron chi connectivity index (χ0n) is 13.4. The summed E-state index contributed by atoms with van der Waals surface area (Å²) in [7, 11) is 1.98. The van der Waals surface area contributed by atoms with Gasteiger partial charge in [-0.05, 0) is 50.1 Å². The maximum Gasteiger partial charge on any atom is 0.241 e. The number of aryl methyl sites for hydroxylation is 1.